The Kier molecular flexibility index (Phi) is 5.46. The lowest BCUT2D eigenvalue weighted by Crippen LogP contribution is -2.11. The third-order valence-corrected chi connectivity index (χ3v) is 2.41. The summed E-state index contributed by atoms with van der Waals surface area (Å²) in [5, 5.41) is 0. The van der Waals surface area contributed by atoms with Gasteiger partial charge in [0.15, 0.2) is 0 Å². The van der Waals surface area contributed by atoms with E-state index in [0.717, 1.165) is 19.3 Å². The highest BCUT2D eigenvalue weighted by Gasteiger charge is 2.14. The second-order valence-corrected chi connectivity index (χ2v) is 3.77. The monoisotopic (exact) mass is 238 g/mol. The van der Waals surface area contributed by atoms with Crippen LogP contribution in [0.25, 0.3) is 0 Å². The number of aryl methyl sites for hydroxylation is 1. The molecule has 1 heterocycles. The number of ether oxygens (including phenoxy) is 1. The van der Waals surface area contributed by atoms with Gasteiger partial charge < -0.3 is 9.15 Å². The fourth-order valence-electron chi connectivity index (χ4n) is 1.57. The molecule has 17 heavy (non-hydrogen) atoms. The van der Waals surface area contributed by atoms with Gasteiger partial charge in [-0.1, -0.05) is 19.8 Å². The molecule has 0 saturated carbocycles. The number of hydrogen-bond acceptors (Lipinski definition) is 4. The zero-order chi connectivity index (χ0) is 12.7. The van der Waals surface area contributed by atoms with Crippen molar-refractivity contribution in [1.29, 1.82) is 0 Å². The van der Waals surface area contributed by atoms with Gasteiger partial charge in [-0.25, -0.2) is 9.59 Å². The van der Waals surface area contributed by atoms with Gasteiger partial charge in [-0.3, -0.25) is 0 Å². The molecule has 0 amide bonds. The second kappa shape index (κ2) is 6.89. The Bertz CT molecular complexity index is 420. The molecule has 0 aliphatic heterocycles. The number of esters is 1. The van der Waals surface area contributed by atoms with E-state index in [0.29, 0.717) is 24.4 Å². The largest absolute Gasteiger partial charge is 0.462 e. The Morgan fingerprint density at radius 2 is 2.06 bits per heavy atom. The summed E-state index contributed by atoms with van der Waals surface area (Å²) in [4.78, 5) is 22.8. The minimum atomic E-state index is -0.428. The van der Waals surface area contributed by atoms with E-state index in [2.05, 4.69) is 6.92 Å². The third-order valence-electron chi connectivity index (χ3n) is 2.41. The first-order chi connectivity index (χ1) is 8.19. The van der Waals surface area contributed by atoms with Crippen LogP contribution in [0.4, 0.5) is 0 Å². The van der Waals surface area contributed by atoms with E-state index < -0.39 is 11.6 Å². The van der Waals surface area contributed by atoms with E-state index >= 15 is 0 Å². The molecule has 0 N–H and O–H groups in total. The van der Waals surface area contributed by atoms with Crippen LogP contribution in [0.3, 0.4) is 0 Å². The van der Waals surface area contributed by atoms with Gasteiger partial charge in [0, 0.05) is 12.5 Å². The van der Waals surface area contributed by atoms with E-state index in [-0.39, 0.29) is 0 Å². The van der Waals surface area contributed by atoms with Crippen LogP contribution >= 0.6 is 0 Å². The number of hydrogen-bond donors (Lipinski definition) is 0. The number of carbonyl (C=O) groups is 1. The van der Waals surface area contributed by atoms with Gasteiger partial charge >= 0.3 is 11.6 Å². The summed E-state index contributed by atoms with van der Waals surface area (Å²) in [6.07, 6.45) is 3.61. The fourth-order valence-corrected chi connectivity index (χ4v) is 1.57. The molecule has 0 fully saturated rings. The molecule has 0 atom stereocenters. The van der Waals surface area contributed by atoms with Crippen molar-refractivity contribution in [2.45, 2.75) is 39.5 Å². The lowest BCUT2D eigenvalue weighted by Gasteiger charge is -2.06. The van der Waals surface area contributed by atoms with Crippen molar-refractivity contribution in [2.24, 2.45) is 0 Å². The molecule has 1 aromatic rings. The molecular formula is C13H18O4. The average molecular weight is 238 g/mol. The molecule has 0 bridgehead atoms. The second-order valence-electron chi connectivity index (χ2n) is 3.77. The van der Waals surface area contributed by atoms with Crippen LogP contribution in [-0.4, -0.2) is 12.6 Å². The first-order valence-corrected chi connectivity index (χ1v) is 5.99. The SMILES string of the molecule is CCCCCc1oc(=O)ccc1C(=O)OCC. The molecule has 0 aromatic carbocycles. The lowest BCUT2D eigenvalue weighted by molar-refractivity contribution is 0.0521. The number of rotatable bonds is 6. The Morgan fingerprint density at radius 1 is 1.29 bits per heavy atom. The van der Waals surface area contributed by atoms with Crippen molar-refractivity contribution in [3.8, 4) is 0 Å². The number of carbonyl (C=O) groups excluding carboxylic acids is 1. The van der Waals surface area contributed by atoms with Crippen LogP contribution in [0.1, 0.15) is 49.2 Å². The predicted octanol–water partition coefficient (Wildman–Crippen LogP) is 2.55. The van der Waals surface area contributed by atoms with E-state index in [4.69, 9.17) is 9.15 Å². The van der Waals surface area contributed by atoms with E-state index in [1.807, 2.05) is 0 Å². The highest BCUT2D eigenvalue weighted by molar-refractivity contribution is 5.90. The van der Waals surface area contributed by atoms with Gasteiger partial charge in [-0.15, -0.1) is 0 Å². The normalized spacial score (nSPS) is 10.2. The number of unbranched alkanes of at least 4 members (excludes halogenated alkanes) is 2. The quantitative estimate of drug-likeness (QED) is 0.564. The Labute approximate surface area is 101 Å². The van der Waals surface area contributed by atoms with Crippen LogP contribution in [0.2, 0.25) is 0 Å². The van der Waals surface area contributed by atoms with Gasteiger partial charge in [0.05, 0.1) is 12.2 Å². The molecule has 1 rings (SSSR count). The Balaban J connectivity index is 2.87. The van der Waals surface area contributed by atoms with Crippen LogP contribution in [-0.2, 0) is 11.2 Å². The first-order valence-electron chi connectivity index (χ1n) is 5.99. The molecule has 1 aromatic heterocycles. The van der Waals surface area contributed by atoms with E-state index in [9.17, 15) is 9.59 Å². The van der Waals surface area contributed by atoms with Crippen LogP contribution in [0.5, 0.6) is 0 Å². The van der Waals surface area contributed by atoms with E-state index in [1.54, 1.807) is 6.92 Å². The van der Waals surface area contributed by atoms with Crippen LogP contribution < -0.4 is 5.63 Å². The summed E-state index contributed by atoms with van der Waals surface area (Å²) in [7, 11) is 0. The standard InChI is InChI=1S/C13H18O4/c1-3-5-6-7-11-10(13(15)16-4-2)8-9-12(14)17-11/h8-9H,3-7H2,1-2H3. The van der Waals surface area contributed by atoms with Gasteiger partial charge in [0.25, 0.3) is 0 Å². The van der Waals surface area contributed by atoms with Gasteiger partial charge in [0.2, 0.25) is 0 Å². The third kappa shape index (κ3) is 4.06. The summed E-state index contributed by atoms with van der Waals surface area (Å²) in [5.41, 5.74) is -0.0629. The molecule has 0 saturated heterocycles. The van der Waals surface area contributed by atoms with Crippen LogP contribution in [0.15, 0.2) is 21.3 Å². The Hall–Kier alpha value is -1.58. The van der Waals surface area contributed by atoms with Crippen LogP contribution in [0, 0.1) is 0 Å². The van der Waals surface area contributed by atoms with Gasteiger partial charge in [0.1, 0.15) is 5.76 Å². The van der Waals surface area contributed by atoms with Crippen molar-refractivity contribution in [1.82, 2.24) is 0 Å². The molecule has 4 heteroatoms. The molecule has 0 unspecified atom stereocenters. The molecule has 0 radical (unpaired) electrons. The maximum Gasteiger partial charge on any atom is 0.341 e. The molecule has 94 valence electrons. The van der Waals surface area contributed by atoms with Gasteiger partial charge in [-0.2, -0.15) is 0 Å². The smallest absolute Gasteiger partial charge is 0.341 e. The lowest BCUT2D eigenvalue weighted by atomic mass is 10.1. The Morgan fingerprint density at radius 3 is 2.71 bits per heavy atom. The molecule has 4 nitrogen and oxygen atoms in total. The summed E-state index contributed by atoms with van der Waals surface area (Å²) in [6, 6.07) is 2.72. The maximum atomic E-state index is 11.6. The topological polar surface area (TPSA) is 56.5 Å². The summed E-state index contributed by atoms with van der Waals surface area (Å²) in [6.45, 7) is 4.15. The molecule has 0 spiro atoms. The highest BCUT2D eigenvalue weighted by atomic mass is 16.5. The van der Waals surface area contributed by atoms with Crippen molar-refractivity contribution in [2.75, 3.05) is 6.61 Å². The average Bonchev–Trinajstić information content (AvgIpc) is 2.30. The fraction of sp³-hybridized carbons (Fsp3) is 0.538. The highest BCUT2D eigenvalue weighted by Crippen LogP contribution is 2.12. The molecule has 0 aliphatic rings. The summed E-state index contributed by atoms with van der Waals surface area (Å²) < 4.78 is 9.98. The minimum Gasteiger partial charge on any atom is -0.462 e. The predicted molar refractivity (Wildman–Crippen MR) is 64.2 cm³/mol. The first kappa shape index (κ1) is 13.5. The summed E-state index contributed by atoms with van der Waals surface area (Å²) in [5.74, 6) is 0.00662. The van der Waals surface area contributed by atoms with Gasteiger partial charge in [-0.05, 0) is 19.4 Å². The summed E-state index contributed by atoms with van der Waals surface area (Å²) >= 11 is 0. The maximum absolute atomic E-state index is 11.6. The minimum absolute atomic E-state index is 0.312. The van der Waals surface area contributed by atoms with E-state index in [1.165, 1.54) is 12.1 Å². The molecular weight excluding hydrogens is 220 g/mol. The zero-order valence-electron chi connectivity index (χ0n) is 10.3. The van der Waals surface area contributed by atoms with Crippen molar-refractivity contribution < 1.29 is 13.9 Å². The molecule has 0 aliphatic carbocycles. The van der Waals surface area contributed by atoms with Crippen molar-refractivity contribution >= 4 is 5.97 Å². The zero-order valence-corrected chi connectivity index (χ0v) is 10.3. The van der Waals surface area contributed by atoms with Crippen molar-refractivity contribution in [3.05, 3.63) is 33.9 Å². The van der Waals surface area contributed by atoms with Crippen molar-refractivity contribution in [3.63, 3.8) is 0 Å².